The molecule has 0 bridgehead atoms. The Bertz CT molecular complexity index is 697. The van der Waals surface area contributed by atoms with Gasteiger partial charge in [-0.05, 0) is 6.07 Å². The molecule has 1 atom stereocenters. The third kappa shape index (κ3) is 3.24. The van der Waals surface area contributed by atoms with Crippen LogP contribution in [0.2, 0.25) is 5.02 Å². The Hall–Kier alpha value is -1.89. The van der Waals surface area contributed by atoms with Gasteiger partial charge in [-0.3, -0.25) is 4.79 Å². The number of ether oxygens (including phenoxy) is 1. The van der Waals surface area contributed by atoms with Gasteiger partial charge in [0.05, 0.1) is 5.69 Å². The molecule has 1 aromatic carbocycles. The molecule has 1 N–H and O–H groups in total. The molecule has 1 aromatic heterocycles. The van der Waals surface area contributed by atoms with Crippen molar-refractivity contribution in [3.05, 3.63) is 52.4 Å². The lowest BCUT2D eigenvalue weighted by Gasteiger charge is -2.39. The van der Waals surface area contributed by atoms with Crippen molar-refractivity contribution in [2.24, 2.45) is 0 Å². The molecule has 1 aliphatic rings. The lowest BCUT2D eigenvalue weighted by atomic mass is 9.94. The molecule has 1 saturated heterocycles. The highest BCUT2D eigenvalue weighted by Crippen LogP contribution is 2.31. The zero-order valence-corrected chi connectivity index (χ0v) is 13.4. The smallest absolute Gasteiger partial charge is 0.256 e. The maximum absolute atomic E-state index is 12.3. The van der Waals surface area contributed by atoms with Crippen molar-refractivity contribution < 1.29 is 19.2 Å². The van der Waals surface area contributed by atoms with Crippen LogP contribution in [0.15, 0.2) is 34.9 Å². The maximum atomic E-state index is 12.3. The summed E-state index contributed by atoms with van der Waals surface area (Å²) in [4.78, 5) is 13.9. The third-order valence-electron chi connectivity index (χ3n) is 3.91. The molecule has 1 amide bonds. The first-order chi connectivity index (χ1) is 11.1. The van der Waals surface area contributed by atoms with E-state index in [-0.39, 0.29) is 11.8 Å². The van der Waals surface area contributed by atoms with Crippen LogP contribution in [0, 0.1) is 0 Å². The Morgan fingerprint density at radius 3 is 2.96 bits per heavy atom. The number of nitrogens with zero attached hydrogens (tertiary/aromatic N) is 2. The van der Waals surface area contributed by atoms with Crippen molar-refractivity contribution in [2.75, 3.05) is 20.2 Å². The molecule has 0 spiro atoms. The fraction of sp³-hybridized carbons (Fsp3) is 0.375. The van der Waals surface area contributed by atoms with E-state index in [2.05, 4.69) is 5.16 Å². The number of aromatic nitrogens is 1. The summed E-state index contributed by atoms with van der Waals surface area (Å²) in [5, 5.41) is 14.6. The predicted molar refractivity (Wildman–Crippen MR) is 82.9 cm³/mol. The van der Waals surface area contributed by atoms with E-state index in [4.69, 9.17) is 20.9 Å². The Labute approximate surface area is 138 Å². The Morgan fingerprint density at radius 2 is 2.26 bits per heavy atom. The van der Waals surface area contributed by atoms with Gasteiger partial charge < -0.3 is 19.3 Å². The van der Waals surface area contributed by atoms with Crippen LogP contribution in [0.5, 0.6) is 0 Å². The fourth-order valence-electron chi connectivity index (χ4n) is 2.58. The molecule has 0 radical (unpaired) electrons. The van der Waals surface area contributed by atoms with Gasteiger partial charge in [-0.25, -0.2) is 0 Å². The van der Waals surface area contributed by atoms with Crippen molar-refractivity contribution in [1.82, 2.24) is 10.1 Å². The van der Waals surface area contributed by atoms with E-state index < -0.39 is 6.10 Å². The van der Waals surface area contributed by atoms with Crippen LogP contribution in [0.25, 0.3) is 0 Å². The summed E-state index contributed by atoms with van der Waals surface area (Å²) in [6.45, 7) is 1.37. The number of halogens is 1. The monoisotopic (exact) mass is 336 g/mol. The van der Waals surface area contributed by atoms with Gasteiger partial charge in [-0.2, -0.15) is 0 Å². The minimum absolute atomic E-state index is 0.117. The molecule has 6 nitrogen and oxygen atoms in total. The van der Waals surface area contributed by atoms with Crippen molar-refractivity contribution in [3.63, 3.8) is 0 Å². The van der Waals surface area contributed by atoms with Crippen LogP contribution >= 0.6 is 11.6 Å². The number of carbonyl (C=O) groups excluding carboxylic acids is 1. The summed E-state index contributed by atoms with van der Waals surface area (Å²) in [5.74, 6) is 0.421. The Balaban J connectivity index is 1.60. The molecule has 0 aliphatic carbocycles. The van der Waals surface area contributed by atoms with E-state index in [1.54, 1.807) is 36.3 Å². The topological polar surface area (TPSA) is 75.8 Å². The lowest BCUT2D eigenvalue weighted by Crippen LogP contribution is -2.50. The van der Waals surface area contributed by atoms with E-state index in [9.17, 15) is 9.90 Å². The van der Waals surface area contributed by atoms with E-state index >= 15 is 0 Å². The molecule has 1 aliphatic heterocycles. The average molecular weight is 337 g/mol. The molecule has 3 rings (SSSR count). The van der Waals surface area contributed by atoms with Crippen molar-refractivity contribution in [3.8, 4) is 0 Å². The first kappa shape index (κ1) is 16.0. The van der Waals surface area contributed by atoms with Crippen molar-refractivity contribution in [1.29, 1.82) is 0 Å². The molecule has 2 heterocycles. The van der Waals surface area contributed by atoms with Gasteiger partial charge >= 0.3 is 0 Å². The van der Waals surface area contributed by atoms with Crippen LogP contribution in [-0.2, 0) is 16.1 Å². The van der Waals surface area contributed by atoms with Crippen LogP contribution in [0.1, 0.15) is 29.0 Å². The fourth-order valence-corrected chi connectivity index (χ4v) is 2.82. The van der Waals surface area contributed by atoms with Gasteiger partial charge in [0, 0.05) is 42.8 Å². The predicted octanol–water partition coefficient (Wildman–Crippen LogP) is 2.13. The molecule has 0 saturated carbocycles. The standard InChI is InChI=1S/C16H17ClN2O4/c1-22-9-11-6-14(18-23-11)10-7-19(8-10)16(21)15(20)12-4-2-3-5-13(12)17/h2-6,10,15,20H,7-9H2,1H3/t15-/m1/s1. The van der Waals surface area contributed by atoms with Crippen LogP contribution in [0.4, 0.5) is 0 Å². The van der Waals surface area contributed by atoms with Gasteiger partial charge in [0.15, 0.2) is 11.9 Å². The first-order valence-corrected chi connectivity index (χ1v) is 7.63. The molecule has 0 unspecified atom stereocenters. The number of hydrogen-bond acceptors (Lipinski definition) is 5. The van der Waals surface area contributed by atoms with Gasteiger partial charge in [-0.15, -0.1) is 0 Å². The summed E-state index contributed by atoms with van der Waals surface area (Å²) in [7, 11) is 1.59. The molecule has 2 aromatic rings. The second-order valence-electron chi connectivity index (χ2n) is 5.52. The zero-order valence-electron chi connectivity index (χ0n) is 12.6. The van der Waals surface area contributed by atoms with E-state index in [0.717, 1.165) is 5.69 Å². The number of hydrogen-bond donors (Lipinski definition) is 1. The molecule has 7 heteroatoms. The summed E-state index contributed by atoms with van der Waals surface area (Å²) >= 11 is 6.02. The second-order valence-corrected chi connectivity index (χ2v) is 5.92. The number of amides is 1. The SMILES string of the molecule is COCc1cc(C2CN(C(=O)[C@H](O)c3ccccc3Cl)C2)no1. The molecule has 1 fully saturated rings. The Kier molecular flexibility index (Phi) is 4.66. The number of carbonyl (C=O) groups is 1. The van der Waals surface area contributed by atoms with Gasteiger partial charge in [-0.1, -0.05) is 35.0 Å². The summed E-state index contributed by atoms with van der Waals surface area (Å²) < 4.78 is 10.1. The number of methoxy groups -OCH3 is 1. The number of likely N-dealkylation sites (tertiary alicyclic amines) is 1. The Morgan fingerprint density at radius 1 is 1.52 bits per heavy atom. The average Bonchev–Trinajstić information content (AvgIpc) is 2.94. The number of benzene rings is 1. The van der Waals surface area contributed by atoms with Crippen LogP contribution in [-0.4, -0.2) is 41.3 Å². The molecule has 23 heavy (non-hydrogen) atoms. The maximum Gasteiger partial charge on any atom is 0.256 e. The van der Waals surface area contributed by atoms with Crippen LogP contribution < -0.4 is 0 Å². The van der Waals surface area contributed by atoms with E-state index in [1.807, 2.05) is 6.07 Å². The third-order valence-corrected chi connectivity index (χ3v) is 4.25. The molecule has 122 valence electrons. The van der Waals surface area contributed by atoms with Gasteiger partial charge in [0.2, 0.25) is 0 Å². The van der Waals surface area contributed by atoms with Crippen LogP contribution in [0.3, 0.4) is 0 Å². The number of aliphatic hydroxyl groups excluding tert-OH is 1. The van der Waals surface area contributed by atoms with Crippen molar-refractivity contribution in [2.45, 2.75) is 18.6 Å². The van der Waals surface area contributed by atoms with Crippen molar-refractivity contribution >= 4 is 17.5 Å². The summed E-state index contributed by atoms with van der Waals surface area (Å²) in [6.07, 6.45) is -1.24. The number of rotatable bonds is 5. The minimum Gasteiger partial charge on any atom is -0.378 e. The highest BCUT2D eigenvalue weighted by atomic mass is 35.5. The molecular weight excluding hydrogens is 320 g/mol. The lowest BCUT2D eigenvalue weighted by molar-refractivity contribution is -0.145. The van der Waals surface area contributed by atoms with Gasteiger partial charge in [0.1, 0.15) is 6.61 Å². The largest absolute Gasteiger partial charge is 0.378 e. The first-order valence-electron chi connectivity index (χ1n) is 7.26. The highest BCUT2D eigenvalue weighted by Gasteiger charge is 2.37. The second kappa shape index (κ2) is 6.70. The van der Waals surface area contributed by atoms with E-state index in [0.29, 0.717) is 36.0 Å². The minimum atomic E-state index is -1.24. The normalized spacial score (nSPS) is 16.2. The summed E-state index contributed by atoms with van der Waals surface area (Å²) in [5.41, 5.74) is 1.22. The quantitative estimate of drug-likeness (QED) is 0.905. The number of aliphatic hydroxyl groups is 1. The highest BCUT2D eigenvalue weighted by molar-refractivity contribution is 6.31. The zero-order chi connectivity index (χ0) is 16.4. The molecular formula is C16H17ClN2O4. The van der Waals surface area contributed by atoms with Gasteiger partial charge in [0.25, 0.3) is 5.91 Å². The summed E-state index contributed by atoms with van der Waals surface area (Å²) in [6, 6.07) is 8.63. The van der Waals surface area contributed by atoms with E-state index in [1.165, 1.54) is 0 Å².